The molecule has 0 spiro atoms. The Morgan fingerprint density at radius 3 is 0.857 bits per heavy atom. The standard InChI is InChI=1S/C36H30O4P2/c37-41(38-31-19-7-1-8-20-31,39-32-21-9-2-10-22-32)40-42(33-23-11-3-12-24-33,34-25-13-4-14-26-34,35-27-15-5-16-28-35)36-29-17-6-18-30-36/h1-30H. The van der Waals surface area contributed by atoms with Crippen LogP contribution in [-0.2, 0) is 8.88 Å². The zero-order valence-electron chi connectivity index (χ0n) is 22.8. The molecule has 0 radical (unpaired) electrons. The molecule has 0 amide bonds. The van der Waals surface area contributed by atoms with Gasteiger partial charge in [0.15, 0.2) is 0 Å². The van der Waals surface area contributed by atoms with Gasteiger partial charge in [-0.2, -0.15) is 0 Å². The fraction of sp³-hybridized carbons (Fsp3) is 0. The van der Waals surface area contributed by atoms with E-state index in [4.69, 9.17) is 13.4 Å². The number of hydrogen-bond donors (Lipinski definition) is 0. The Kier molecular flexibility index (Phi) is 7.78. The van der Waals surface area contributed by atoms with E-state index in [2.05, 4.69) is 0 Å². The van der Waals surface area contributed by atoms with Crippen LogP contribution in [0.5, 0.6) is 11.5 Å². The second-order valence-electron chi connectivity index (χ2n) is 9.72. The van der Waals surface area contributed by atoms with Gasteiger partial charge in [-0.05, 0) is 0 Å². The van der Waals surface area contributed by atoms with E-state index in [1.165, 1.54) is 0 Å². The number of para-hydroxylation sites is 2. The average Bonchev–Trinajstić information content (AvgIpc) is 3.06. The van der Waals surface area contributed by atoms with Gasteiger partial charge in [-0.3, -0.25) is 0 Å². The summed E-state index contributed by atoms with van der Waals surface area (Å²) >= 11 is 0. The summed E-state index contributed by atoms with van der Waals surface area (Å²) in [7, 11) is -4.45. The van der Waals surface area contributed by atoms with Gasteiger partial charge >= 0.3 is 247 Å². The van der Waals surface area contributed by atoms with Crippen LogP contribution in [0.15, 0.2) is 182 Å². The van der Waals surface area contributed by atoms with Gasteiger partial charge in [-0.15, -0.1) is 0 Å². The molecule has 0 fully saturated rings. The Morgan fingerprint density at radius 1 is 0.357 bits per heavy atom. The summed E-state index contributed by atoms with van der Waals surface area (Å²) in [5.74, 6) is 0.742. The molecule has 0 aromatic heterocycles. The van der Waals surface area contributed by atoms with Crippen molar-refractivity contribution < 1.29 is 17.9 Å². The molecule has 6 rings (SSSR count). The third kappa shape index (κ3) is 4.95. The monoisotopic (exact) mass is 588 g/mol. The molecule has 0 aliphatic rings. The first-order valence-corrected chi connectivity index (χ1v) is 17.3. The molecule has 0 heterocycles. The Balaban J connectivity index is 1.75. The van der Waals surface area contributed by atoms with Crippen LogP contribution < -0.4 is 30.3 Å². The van der Waals surface area contributed by atoms with Crippen LogP contribution in [0.3, 0.4) is 0 Å². The number of hydrogen-bond acceptors (Lipinski definition) is 4. The van der Waals surface area contributed by atoms with Gasteiger partial charge in [0.2, 0.25) is 0 Å². The normalized spacial score (nSPS) is 12.5. The van der Waals surface area contributed by atoms with Crippen molar-refractivity contribution in [3.8, 4) is 11.5 Å². The first kappa shape index (κ1) is 27.7. The Bertz CT molecular complexity index is 1550. The molecule has 0 unspecified atom stereocenters. The number of rotatable bonds is 10. The van der Waals surface area contributed by atoms with E-state index in [-0.39, 0.29) is 0 Å². The molecular weight excluding hydrogens is 558 g/mol. The van der Waals surface area contributed by atoms with E-state index in [1.807, 2.05) is 158 Å². The van der Waals surface area contributed by atoms with Crippen molar-refractivity contribution in [2.75, 3.05) is 0 Å². The van der Waals surface area contributed by atoms with Crippen LogP contribution in [0.4, 0.5) is 0 Å². The maximum absolute atomic E-state index is 15.4. The van der Waals surface area contributed by atoms with Gasteiger partial charge in [0.25, 0.3) is 0 Å². The fourth-order valence-electron chi connectivity index (χ4n) is 5.41. The SMILES string of the molecule is O=P(Oc1ccccc1)(Oc1ccccc1)OP(c1ccccc1)(c1ccccc1)(c1ccccc1)c1ccccc1. The van der Waals surface area contributed by atoms with Crippen molar-refractivity contribution in [3.05, 3.63) is 182 Å². The third-order valence-electron chi connectivity index (χ3n) is 7.18. The first-order chi connectivity index (χ1) is 20.6. The molecule has 0 bridgehead atoms. The van der Waals surface area contributed by atoms with Crippen molar-refractivity contribution >= 4 is 35.9 Å². The Hall–Kier alpha value is -4.46. The average molecular weight is 589 g/mol. The van der Waals surface area contributed by atoms with Gasteiger partial charge in [0.05, 0.1) is 0 Å². The van der Waals surface area contributed by atoms with E-state index < -0.39 is 14.7 Å². The molecule has 0 saturated carbocycles. The zero-order chi connectivity index (χ0) is 28.7. The van der Waals surface area contributed by atoms with Gasteiger partial charge in [0, 0.05) is 0 Å². The molecule has 0 N–H and O–H groups in total. The second-order valence-corrected chi connectivity index (χ2v) is 15.8. The zero-order valence-corrected chi connectivity index (χ0v) is 24.6. The molecule has 42 heavy (non-hydrogen) atoms. The summed E-state index contributed by atoms with van der Waals surface area (Å²) in [6.07, 6.45) is 0. The summed E-state index contributed by atoms with van der Waals surface area (Å²) < 4.78 is 35.5. The first-order valence-electron chi connectivity index (χ1n) is 13.7. The van der Waals surface area contributed by atoms with Crippen molar-refractivity contribution in [3.63, 3.8) is 0 Å². The minimum absolute atomic E-state index is 0.371. The summed E-state index contributed by atoms with van der Waals surface area (Å²) in [5.41, 5.74) is 0. The summed E-state index contributed by atoms with van der Waals surface area (Å²) in [4.78, 5) is 0. The molecule has 6 heteroatoms. The van der Waals surface area contributed by atoms with E-state index >= 15 is 4.57 Å². The Morgan fingerprint density at radius 2 is 0.595 bits per heavy atom. The van der Waals surface area contributed by atoms with E-state index in [9.17, 15) is 0 Å². The van der Waals surface area contributed by atoms with Crippen LogP contribution in [0.25, 0.3) is 0 Å². The predicted molar refractivity (Wildman–Crippen MR) is 174 cm³/mol. The number of phosphoric ester groups is 1. The van der Waals surface area contributed by atoms with Crippen molar-refractivity contribution in [2.24, 2.45) is 0 Å². The van der Waals surface area contributed by atoms with Crippen molar-refractivity contribution in [1.82, 2.24) is 0 Å². The number of benzene rings is 6. The van der Waals surface area contributed by atoms with Crippen LogP contribution in [0.1, 0.15) is 0 Å². The number of phosphoric acid groups is 1. The van der Waals surface area contributed by atoms with Gasteiger partial charge in [-0.1, -0.05) is 0 Å². The molecular formula is C36H30O4P2. The van der Waals surface area contributed by atoms with E-state index in [0.29, 0.717) is 11.5 Å². The van der Waals surface area contributed by atoms with Crippen LogP contribution in [-0.4, -0.2) is 0 Å². The topological polar surface area (TPSA) is 44.8 Å². The summed E-state index contributed by atoms with van der Waals surface area (Å²) in [6.45, 7) is -4.35. The van der Waals surface area contributed by atoms with Gasteiger partial charge < -0.3 is 0 Å². The van der Waals surface area contributed by atoms with Gasteiger partial charge in [0.1, 0.15) is 0 Å². The van der Waals surface area contributed by atoms with Crippen molar-refractivity contribution in [2.45, 2.75) is 0 Å². The molecule has 208 valence electrons. The molecule has 6 aromatic rings. The molecule has 0 saturated heterocycles. The third-order valence-corrected chi connectivity index (χ3v) is 15.3. The summed E-state index contributed by atoms with van der Waals surface area (Å²) in [6, 6.07) is 58.1. The van der Waals surface area contributed by atoms with E-state index in [1.54, 1.807) is 24.3 Å². The van der Waals surface area contributed by atoms with Crippen LogP contribution in [0, 0.1) is 0 Å². The molecule has 0 aliphatic heterocycles. The minimum atomic E-state index is -4.45. The Labute approximate surface area is 246 Å². The van der Waals surface area contributed by atoms with Gasteiger partial charge in [-0.25, -0.2) is 0 Å². The summed E-state index contributed by atoms with van der Waals surface area (Å²) in [5, 5.41) is 3.45. The molecule has 0 aliphatic carbocycles. The molecule has 4 nitrogen and oxygen atoms in total. The van der Waals surface area contributed by atoms with E-state index in [0.717, 1.165) is 21.2 Å². The van der Waals surface area contributed by atoms with Crippen LogP contribution >= 0.6 is 14.7 Å². The molecule has 6 aromatic carbocycles. The fourth-order valence-corrected chi connectivity index (χ4v) is 14.3. The second kappa shape index (κ2) is 11.8. The maximum atomic E-state index is 15.4. The van der Waals surface area contributed by atoms with Crippen LogP contribution in [0.2, 0.25) is 0 Å². The van der Waals surface area contributed by atoms with Crippen molar-refractivity contribution in [1.29, 1.82) is 0 Å². The quantitative estimate of drug-likeness (QED) is 0.152. The molecule has 0 atom stereocenters. The predicted octanol–water partition coefficient (Wildman–Crippen LogP) is 8.04.